The number of ether oxygens (including phenoxy) is 1. The predicted octanol–water partition coefficient (Wildman–Crippen LogP) is 15.9. The van der Waals surface area contributed by atoms with Crippen molar-refractivity contribution in [1.29, 1.82) is 0 Å². The highest BCUT2D eigenvalue weighted by atomic mass is 16.5. The minimum Gasteiger partial charge on any atom is -0.481 e. The Morgan fingerprint density at radius 1 is 0.442 bits per heavy atom. The van der Waals surface area contributed by atoms with Crippen LogP contribution in [0.25, 0.3) is 0 Å². The van der Waals surface area contributed by atoms with Crippen LogP contribution in [0.2, 0.25) is 0 Å². The Morgan fingerprint density at radius 2 is 0.808 bits per heavy atom. The summed E-state index contributed by atoms with van der Waals surface area (Å²) in [7, 11) is 0. The second-order valence-electron chi connectivity index (χ2n) is 15.2. The van der Waals surface area contributed by atoms with Gasteiger partial charge in [0.05, 0.1) is 0 Å². The molecule has 0 aromatic rings. The molecule has 0 aliphatic heterocycles. The molecule has 0 rings (SSSR count). The van der Waals surface area contributed by atoms with Crippen LogP contribution in [-0.4, -0.2) is 23.1 Å². The van der Waals surface area contributed by atoms with Gasteiger partial charge in [-0.25, -0.2) is 0 Å². The number of carbonyl (C=O) groups is 2. The highest BCUT2D eigenvalue weighted by molar-refractivity contribution is 5.69. The van der Waals surface area contributed by atoms with Crippen molar-refractivity contribution in [3.8, 4) is 0 Å². The average molecular weight is 727 g/mol. The fourth-order valence-electron chi connectivity index (χ4n) is 6.77. The molecule has 0 bridgehead atoms. The number of carboxylic acid groups (broad SMARTS) is 1. The van der Waals surface area contributed by atoms with E-state index in [2.05, 4.69) is 62.5 Å². The third kappa shape index (κ3) is 42.3. The first kappa shape index (κ1) is 49.9. The maximum absolute atomic E-state index is 12.7. The lowest BCUT2D eigenvalue weighted by Gasteiger charge is -2.18. The number of hydrogen-bond acceptors (Lipinski definition) is 3. The van der Waals surface area contributed by atoms with E-state index in [1.165, 1.54) is 116 Å². The van der Waals surface area contributed by atoms with Crippen LogP contribution in [0.5, 0.6) is 0 Å². The molecule has 4 heteroatoms. The molecule has 0 amide bonds. The minimum atomic E-state index is -0.701. The van der Waals surface area contributed by atoms with Crippen LogP contribution in [0.1, 0.15) is 239 Å². The van der Waals surface area contributed by atoms with Gasteiger partial charge in [-0.2, -0.15) is 0 Å². The third-order valence-electron chi connectivity index (χ3n) is 10.1. The van der Waals surface area contributed by atoms with Gasteiger partial charge < -0.3 is 9.84 Å². The average Bonchev–Trinajstić information content (AvgIpc) is 3.13. The van der Waals surface area contributed by atoms with Gasteiger partial charge in [-0.3, -0.25) is 9.59 Å². The van der Waals surface area contributed by atoms with Gasteiger partial charge in [0.25, 0.3) is 0 Å². The lowest BCUT2D eigenvalue weighted by Crippen LogP contribution is -2.18. The number of esters is 1. The van der Waals surface area contributed by atoms with Crippen LogP contribution >= 0.6 is 0 Å². The van der Waals surface area contributed by atoms with Gasteiger partial charge in [0.1, 0.15) is 6.10 Å². The zero-order valence-corrected chi connectivity index (χ0v) is 34.6. The van der Waals surface area contributed by atoms with Crippen LogP contribution in [-0.2, 0) is 14.3 Å². The lowest BCUT2D eigenvalue weighted by atomic mass is 10.0. The first-order valence-corrected chi connectivity index (χ1v) is 22.6. The van der Waals surface area contributed by atoms with E-state index in [4.69, 9.17) is 9.84 Å². The molecule has 4 nitrogen and oxygen atoms in total. The van der Waals surface area contributed by atoms with E-state index in [1.54, 1.807) is 0 Å². The number of allylic oxidation sites excluding steroid dienone is 8. The summed E-state index contributed by atoms with van der Waals surface area (Å²) in [6.45, 7) is 4.45. The Bertz CT molecular complexity index is 870. The number of carboxylic acids is 1. The maximum atomic E-state index is 12.7. The number of aliphatic carboxylic acids is 1. The van der Waals surface area contributed by atoms with E-state index in [1.807, 2.05) is 0 Å². The summed E-state index contributed by atoms with van der Waals surface area (Å²) < 4.78 is 6.03. The smallest absolute Gasteiger partial charge is 0.306 e. The molecular weight excluding hydrogens is 641 g/mol. The van der Waals surface area contributed by atoms with Crippen molar-refractivity contribution >= 4 is 11.9 Å². The molecule has 52 heavy (non-hydrogen) atoms. The summed E-state index contributed by atoms with van der Waals surface area (Å²) in [5.41, 5.74) is 0. The van der Waals surface area contributed by atoms with Gasteiger partial charge in [-0.1, -0.05) is 197 Å². The van der Waals surface area contributed by atoms with E-state index in [-0.39, 0.29) is 18.5 Å². The fraction of sp³-hybridized carbons (Fsp3) is 0.792. The first-order chi connectivity index (χ1) is 25.6. The molecule has 0 saturated heterocycles. The zero-order valence-electron chi connectivity index (χ0n) is 34.6. The first-order valence-electron chi connectivity index (χ1n) is 22.6. The van der Waals surface area contributed by atoms with Crippen molar-refractivity contribution in [2.24, 2.45) is 0 Å². The van der Waals surface area contributed by atoms with Gasteiger partial charge in [-0.15, -0.1) is 0 Å². The van der Waals surface area contributed by atoms with E-state index in [9.17, 15) is 9.59 Å². The second kappa shape index (κ2) is 43.3. The van der Waals surface area contributed by atoms with Gasteiger partial charge in [0, 0.05) is 12.8 Å². The molecule has 0 aromatic heterocycles. The summed E-state index contributed by atoms with van der Waals surface area (Å²) in [5.74, 6) is -0.708. The normalized spacial score (nSPS) is 12.7. The van der Waals surface area contributed by atoms with Crippen LogP contribution in [0.3, 0.4) is 0 Å². The number of carbonyl (C=O) groups excluding carboxylic acids is 1. The summed E-state index contributed by atoms with van der Waals surface area (Å²) in [6, 6.07) is 0. The summed E-state index contributed by atoms with van der Waals surface area (Å²) in [4.78, 5) is 23.5. The molecule has 1 atom stereocenters. The number of unbranched alkanes of at least 4 members (excludes halogenated alkanes) is 24. The minimum absolute atomic E-state index is 0.00763. The molecule has 0 heterocycles. The van der Waals surface area contributed by atoms with Gasteiger partial charge >= 0.3 is 11.9 Å². The monoisotopic (exact) mass is 727 g/mol. The predicted molar refractivity (Wildman–Crippen MR) is 227 cm³/mol. The zero-order chi connectivity index (χ0) is 37.8. The second-order valence-corrected chi connectivity index (χ2v) is 15.2. The van der Waals surface area contributed by atoms with Crippen LogP contribution < -0.4 is 0 Å². The number of hydrogen-bond donors (Lipinski definition) is 1. The van der Waals surface area contributed by atoms with Gasteiger partial charge in [0.15, 0.2) is 0 Å². The topological polar surface area (TPSA) is 63.6 Å². The van der Waals surface area contributed by atoms with E-state index >= 15 is 0 Å². The molecule has 0 aromatic carbocycles. The Morgan fingerprint density at radius 3 is 1.25 bits per heavy atom. The van der Waals surface area contributed by atoms with E-state index in [0.717, 1.165) is 96.3 Å². The van der Waals surface area contributed by atoms with Crippen molar-refractivity contribution < 1.29 is 19.4 Å². The van der Waals surface area contributed by atoms with Gasteiger partial charge in [-0.05, 0) is 77.0 Å². The summed E-state index contributed by atoms with van der Waals surface area (Å²) in [6.07, 6.45) is 58.6. The van der Waals surface area contributed by atoms with Crippen molar-refractivity contribution in [3.63, 3.8) is 0 Å². The van der Waals surface area contributed by atoms with Crippen LogP contribution in [0.15, 0.2) is 48.6 Å². The van der Waals surface area contributed by atoms with Crippen molar-refractivity contribution in [3.05, 3.63) is 48.6 Å². The molecule has 0 saturated carbocycles. The molecule has 302 valence electrons. The lowest BCUT2D eigenvalue weighted by molar-refractivity contribution is -0.150. The quantitative estimate of drug-likeness (QED) is 0.0387. The molecule has 0 aliphatic rings. The Balaban J connectivity index is 4.02. The molecule has 1 N–H and O–H groups in total. The fourth-order valence-corrected chi connectivity index (χ4v) is 6.77. The number of rotatable bonds is 41. The van der Waals surface area contributed by atoms with E-state index in [0.29, 0.717) is 6.42 Å². The molecule has 0 spiro atoms. The largest absolute Gasteiger partial charge is 0.481 e. The Kier molecular flexibility index (Phi) is 41.6. The molecule has 0 aliphatic carbocycles. The highest BCUT2D eigenvalue weighted by Crippen LogP contribution is 2.19. The summed E-state index contributed by atoms with van der Waals surface area (Å²) in [5, 5.41) is 8.85. The van der Waals surface area contributed by atoms with Crippen molar-refractivity contribution in [2.75, 3.05) is 0 Å². The van der Waals surface area contributed by atoms with Crippen LogP contribution in [0.4, 0.5) is 0 Å². The van der Waals surface area contributed by atoms with Crippen molar-refractivity contribution in [2.45, 2.75) is 245 Å². The summed E-state index contributed by atoms with van der Waals surface area (Å²) >= 11 is 0. The van der Waals surface area contributed by atoms with Crippen molar-refractivity contribution in [1.82, 2.24) is 0 Å². The molecule has 0 radical (unpaired) electrons. The standard InChI is InChI=1S/C48H86O4/c1-3-5-7-9-11-13-15-17-19-20-21-22-24-26-28-30-32-37-41-45-48(51)52-46(43-39-35-33-36-40-44-47(49)50)42-38-34-31-29-27-25-23-18-16-14-12-10-8-6-4-2/h5,7,11,13,17,19,21-22,46H,3-4,6,8-10,12,14-16,18,20,23-45H2,1-2H3,(H,49,50)/b7-5-,13-11-,19-17-,22-21-. The maximum Gasteiger partial charge on any atom is 0.306 e. The SMILES string of the molecule is CC/C=C\C/C=C\C/C=C\C/C=C\CCCCCCCCC(=O)OC(CCCCCCCCCCCCCCCCC)CCCCCCCC(=O)O. The van der Waals surface area contributed by atoms with Gasteiger partial charge in [0.2, 0.25) is 0 Å². The molecule has 0 fully saturated rings. The van der Waals surface area contributed by atoms with Crippen LogP contribution in [0, 0.1) is 0 Å². The highest BCUT2D eigenvalue weighted by Gasteiger charge is 2.14. The Hall–Kier alpha value is -2.10. The third-order valence-corrected chi connectivity index (χ3v) is 10.1. The molecule has 1 unspecified atom stereocenters. The Labute approximate surface area is 323 Å². The molecular formula is C48H86O4. The van der Waals surface area contributed by atoms with E-state index < -0.39 is 5.97 Å².